The van der Waals surface area contributed by atoms with Crippen molar-refractivity contribution in [3.8, 4) is 11.3 Å². The van der Waals surface area contributed by atoms with Crippen LogP contribution in [0, 0.1) is 0 Å². The molecule has 0 atom stereocenters. The highest BCUT2D eigenvalue weighted by Gasteiger charge is 2.07. The van der Waals surface area contributed by atoms with Crippen LogP contribution in [0.2, 0.25) is 0 Å². The van der Waals surface area contributed by atoms with Gasteiger partial charge < -0.3 is 10.6 Å². The number of hydrogen-bond donors (Lipinski definition) is 2. The van der Waals surface area contributed by atoms with E-state index in [1.807, 2.05) is 38.4 Å². The lowest BCUT2D eigenvalue weighted by atomic mass is 10.1. The Morgan fingerprint density at radius 3 is 2.60 bits per heavy atom. The molecule has 15 heavy (non-hydrogen) atoms. The van der Waals surface area contributed by atoms with Crippen LogP contribution in [0.25, 0.3) is 11.3 Å². The van der Waals surface area contributed by atoms with Crippen LogP contribution in [0.4, 0.5) is 11.5 Å². The van der Waals surface area contributed by atoms with Crippen molar-refractivity contribution in [2.75, 3.05) is 24.7 Å². The van der Waals surface area contributed by atoms with Crippen molar-refractivity contribution in [3.63, 3.8) is 0 Å². The number of aromatic amines is 1. The van der Waals surface area contributed by atoms with Crippen LogP contribution < -0.4 is 10.6 Å². The molecule has 0 saturated carbocycles. The Bertz CT molecular complexity index is 459. The van der Waals surface area contributed by atoms with Crippen molar-refractivity contribution >= 4 is 11.5 Å². The van der Waals surface area contributed by atoms with E-state index in [2.05, 4.69) is 21.2 Å². The molecule has 2 aromatic rings. The summed E-state index contributed by atoms with van der Waals surface area (Å²) in [6.07, 6.45) is 0. The number of nitrogens with one attached hydrogen (secondary N) is 1. The summed E-state index contributed by atoms with van der Waals surface area (Å²) in [5.41, 5.74) is 8.77. The van der Waals surface area contributed by atoms with Gasteiger partial charge in [0.2, 0.25) is 0 Å². The Hall–Kier alpha value is -1.97. The van der Waals surface area contributed by atoms with Crippen LogP contribution in [0.3, 0.4) is 0 Å². The first-order chi connectivity index (χ1) is 7.18. The fourth-order valence-electron chi connectivity index (χ4n) is 1.57. The molecule has 0 fully saturated rings. The number of nitrogens with two attached hydrogens (primary N) is 1. The number of aromatic nitrogens is 2. The second kappa shape index (κ2) is 3.65. The van der Waals surface area contributed by atoms with Crippen LogP contribution in [0.1, 0.15) is 0 Å². The van der Waals surface area contributed by atoms with Crippen LogP contribution >= 0.6 is 0 Å². The number of nitrogen functional groups attached to an aromatic ring is 1. The number of nitrogens with zero attached hydrogens (tertiary/aromatic N) is 2. The molecule has 0 radical (unpaired) electrons. The van der Waals surface area contributed by atoms with E-state index in [0.29, 0.717) is 5.82 Å². The molecule has 1 aromatic carbocycles. The minimum absolute atomic E-state index is 0.513. The monoisotopic (exact) mass is 202 g/mol. The summed E-state index contributed by atoms with van der Waals surface area (Å²) in [5.74, 6) is 0.513. The van der Waals surface area contributed by atoms with Crippen molar-refractivity contribution in [3.05, 3.63) is 30.3 Å². The molecule has 0 aliphatic rings. The van der Waals surface area contributed by atoms with E-state index in [4.69, 9.17) is 5.73 Å². The van der Waals surface area contributed by atoms with E-state index in [1.165, 1.54) is 0 Å². The highest BCUT2D eigenvalue weighted by Crippen LogP contribution is 2.28. The van der Waals surface area contributed by atoms with E-state index in [1.54, 1.807) is 0 Å². The molecule has 2 rings (SSSR count). The highest BCUT2D eigenvalue weighted by molar-refractivity contribution is 5.76. The summed E-state index contributed by atoms with van der Waals surface area (Å²) in [7, 11) is 4.02. The lowest BCUT2D eigenvalue weighted by Gasteiger charge is -2.16. The normalized spacial score (nSPS) is 10.3. The van der Waals surface area contributed by atoms with E-state index >= 15 is 0 Å². The predicted molar refractivity (Wildman–Crippen MR) is 62.8 cm³/mol. The van der Waals surface area contributed by atoms with Crippen molar-refractivity contribution in [2.45, 2.75) is 0 Å². The average Bonchev–Trinajstić information content (AvgIpc) is 2.65. The van der Waals surface area contributed by atoms with Crippen molar-refractivity contribution in [2.24, 2.45) is 0 Å². The van der Waals surface area contributed by atoms with Gasteiger partial charge in [0.1, 0.15) is 5.82 Å². The van der Waals surface area contributed by atoms with Gasteiger partial charge in [0.15, 0.2) is 0 Å². The number of anilines is 2. The number of hydrogen-bond acceptors (Lipinski definition) is 3. The Morgan fingerprint density at radius 1 is 1.27 bits per heavy atom. The topological polar surface area (TPSA) is 57.9 Å². The largest absolute Gasteiger partial charge is 0.382 e. The fourth-order valence-corrected chi connectivity index (χ4v) is 1.57. The fraction of sp³-hybridized carbons (Fsp3) is 0.182. The van der Waals surface area contributed by atoms with Crippen molar-refractivity contribution in [1.82, 2.24) is 10.2 Å². The molecule has 0 bridgehead atoms. The Labute approximate surface area is 88.7 Å². The van der Waals surface area contributed by atoms with Gasteiger partial charge in [0, 0.05) is 31.4 Å². The third-order valence-electron chi connectivity index (χ3n) is 2.27. The maximum Gasteiger partial charge on any atom is 0.145 e. The molecule has 4 nitrogen and oxygen atoms in total. The number of benzene rings is 1. The molecule has 0 aliphatic heterocycles. The Morgan fingerprint density at radius 2 is 2.00 bits per heavy atom. The summed E-state index contributed by atoms with van der Waals surface area (Å²) in [4.78, 5) is 2.06. The quantitative estimate of drug-likeness (QED) is 0.779. The highest BCUT2D eigenvalue weighted by atomic mass is 15.2. The minimum Gasteiger partial charge on any atom is -0.382 e. The molecule has 0 saturated heterocycles. The van der Waals surface area contributed by atoms with Gasteiger partial charge in [-0.2, -0.15) is 5.10 Å². The Balaban J connectivity index is 2.52. The summed E-state index contributed by atoms with van der Waals surface area (Å²) >= 11 is 0. The first kappa shape index (κ1) is 9.58. The SMILES string of the molecule is CN(C)c1ccccc1-c1cc(N)n[nH]1. The van der Waals surface area contributed by atoms with Crippen molar-refractivity contribution in [1.29, 1.82) is 0 Å². The summed E-state index contributed by atoms with van der Waals surface area (Å²) in [6.45, 7) is 0. The molecule has 0 amide bonds. The average molecular weight is 202 g/mol. The molecule has 78 valence electrons. The van der Waals surface area contributed by atoms with E-state index in [9.17, 15) is 0 Å². The maximum absolute atomic E-state index is 5.59. The van der Waals surface area contributed by atoms with Gasteiger partial charge in [-0.15, -0.1) is 0 Å². The van der Waals surface area contributed by atoms with Gasteiger partial charge >= 0.3 is 0 Å². The lowest BCUT2D eigenvalue weighted by molar-refractivity contribution is 1.09. The van der Waals surface area contributed by atoms with E-state index < -0.39 is 0 Å². The lowest BCUT2D eigenvalue weighted by Crippen LogP contribution is -2.09. The molecule has 0 unspecified atom stereocenters. The maximum atomic E-state index is 5.59. The molecule has 4 heteroatoms. The van der Waals surface area contributed by atoms with Crippen LogP contribution in [-0.4, -0.2) is 24.3 Å². The third-order valence-corrected chi connectivity index (χ3v) is 2.27. The molecule has 1 heterocycles. The minimum atomic E-state index is 0.513. The molecule has 1 aromatic heterocycles. The summed E-state index contributed by atoms with van der Waals surface area (Å²) in [5, 5.41) is 6.84. The van der Waals surface area contributed by atoms with Gasteiger partial charge in [0.05, 0.1) is 5.69 Å². The molecular weight excluding hydrogens is 188 g/mol. The predicted octanol–water partition coefficient (Wildman–Crippen LogP) is 1.72. The van der Waals surface area contributed by atoms with Crippen molar-refractivity contribution < 1.29 is 0 Å². The standard InChI is InChI=1S/C11H14N4/c1-15(2)10-6-4-3-5-8(10)9-7-11(12)14-13-9/h3-7H,1-2H3,(H3,12,13,14). The first-order valence-corrected chi connectivity index (χ1v) is 4.76. The van der Waals surface area contributed by atoms with Gasteiger partial charge in [-0.1, -0.05) is 18.2 Å². The van der Waals surface area contributed by atoms with Crippen LogP contribution in [0.5, 0.6) is 0 Å². The summed E-state index contributed by atoms with van der Waals surface area (Å²) in [6, 6.07) is 9.95. The zero-order valence-electron chi connectivity index (χ0n) is 8.86. The van der Waals surface area contributed by atoms with E-state index in [-0.39, 0.29) is 0 Å². The number of H-pyrrole nitrogens is 1. The molecule has 0 aliphatic carbocycles. The van der Waals surface area contributed by atoms with Gasteiger partial charge in [0.25, 0.3) is 0 Å². The van der Waals surface area contributed by atoms with Gasteiger partial charge in [-0.3, -0.25) is 5.10 Å². The smallest absolute Gasteiger partial charge is 0.145 e. The van der Waals surface area contributed by atoms with Gasteiger partial charge in [-0.25, -0.2) is 0 Å². The second-order valence-corrected chi connectivity index (χ2v) is 3.62. The van der Waals surface area contributed by atoms with Crippen LogP contribution in [0.15, 0.2) is 30.3 Å². The van der Waals surface area contributed by atoms with E-state index in [0.717, 1.165) is 16.9 Å². The Kier molecular flexibility index (Phi) is 2.33. The third kappa shape index (κ3) is 1.79. The number of rotatable bonds is 2. The number of para-hydroxylation sites is 1. The first-order valence-electron chi connectivity index (χ1n) is 4.76. The zero-order valence-corrected chi connectivity index (χ0v) is 8.86. The molecular formula is C11H14N4. The van der Waals surface area contributed by atoms with Crippen LogP contribution in [-0.2, 0) is 0 Å². The second-order valence-electron chi connectivity index (χ2n) is 3.62. The molecule has 0 spiro atoms. The zero-order chi connectivity index (χ0) is 10.8. The van der Waals surface area contributed by atoms with Gasteiger partial charge in [-0.05, 0) is 6.07 Å². The molecule has 3 N–H and O–H groups in total. The summed E-state index contributed by atoms with van der Waals surface area (Å²) < 4.78 is 0.